The summed E-state index contributed by atoms with van der Waals surface area (Å²) in [6, 6.07) is 4.33. The molecule has 0 fully saturated rings. The highest BCUT2D eigenvalue weighted by molar-refractivity contribution is 5.15. The van der Waals surface area contributed by atoms with Crippen molar-refractivity contribution in [3.63, 3.8) is 0 Å². The highest BCUT2D eigenvalue weighted by Crippen LogP contribution is 2.12. The molecular weight excluding hydrogens is 169 g/mol. The lowest BCUT2D eigenvalue weighted by molar-refractivity contribution is 0.601. The number of aromatic nitrogens is 1. The molecule has 13 heavy (non-hydrogen) atoms. The highest BCUT2D eigenvalue weighted by Gasteiger charge is 2.08. The van der Waals surface area contributed by atoms with Crippen LogP contribution in [-0.4, -0.2) is 4.98 Å². The fourth-order valence-electron chi connectivity index (χ4n) is 0.973. The molecule has 1 atom stereocenters. The smallest absolute Gasteiger partial charge is 0.144 e. The molecule has 1 aromatic rings. The van der Waals surface area contributed by atoms with Crippen LogP contribution in [0.15, 0.2) is 12.1 Å². The van der Waals surface area contributed by atoms with Crippen molar-refractivity contribution < 1.29 is 4.39 Å². The third-order valence-corrected chi connectivity index (χ3v) is 1.73. The molecule has 0 saturated carbocycles. The third-order valence-electron chi connectivity index (χ3n) is 1.73. The number of nitrogens with zero attached hydrogens (tertiary/aromatic N) is 2. The largest absolute Gasteiger partial charge is 0.322 e. The van der Waals surface area contributed by atoms with E-state index in [1.165, 1.54) is 12.1 Å². The van der Waals surface area contributed by atoms with Crippen molar-refractivity contribution in [3.8, 4) is 6.07 Å². The van der Waals surface area contributed by atoms with Crippen molar-refractivity contribution in [2.45, 2.75) is 19.4 Å². The number of aryl methyl sites for hydroxylation is 1. The van der Waals surface area contributed by atoms with Gasteiger partial charge >= 0.3 is 0 Å². The van der Waals surface area contributed by atoms with E-state index in [4.69, 9.17) is 11.0 Å². The predicted molar refractivity (Wildman–Crippen MR) is 46.1 cm³/mol. The van der Waals surface area contributed by atoms with Crippen LogP contribution >= 0.6 is 0 Å². The van der Waals surface area contributed by atoms with Crippen molar-refractivity contribution in [1.29, 1.82) is 5.26 Å². The average Bonchev–Trinajstić information content (AvgIpc) is 2.10. The summed E-state index contributed by atoms with van der Waals surface area (Å²) in [5.41, 5.74) is 6.48. The summed E-state index contributed by atoms with van der Waals surface area (Å²) >= 11 is 0. The van der Waals surface area contributed by atoms with Crippen LogP contribution in [0.25, 0.3) is 0 Å². The molecule has 0 spiro atoms. The first-order chi connectivity index (χ1) is 6.15. The minimum absolute atomic E-state index is 0.193. The zero-order chi connectivity index (χ0) is 9.84. The second kappa shape index (κ2) is 3.97. The molecule has 0 bridgehead atoms. The molecule has 0 aliphatic carbocycles. The summed E-state index contributed by atoms with van der Waals surface area (Å²) < 4.78 is 12.8. The number of hydrogen-bond acceptors (Lipinski definition) is 3. The van der Waals surface area contributed by atoms with Crippen LogP contribution in [-0.2, 0) is 0 Å². The first kappa shape index (κ1) is 9.62. The first-order valence-corrected chi connectivity index (χ1v) is 3.90. The maximum absolute atomic E-state index is 12.8. The van der Waals surface area contributed by atoms with Gasteiger partial charge in [0.1, 0.15) is 5.82 Å². The number of nitriles is 1. The van der Waals surface area contributed by atoms with Gasteiger partial charge in [-0.15, -0.1) is 0 Å². The van der Waals surface area contributed by atoms with E-state index in [9.17, 15) is 4.39 Å². The van der Waals surface area contributed by atoms with E-state index in [1.807, 2.05) is 6.07 Å². The van der Waals surface area contributed by atoms with Gasteiger partial charge in [-0.25, -0.2) is 4.39 Å². The van der Waals surface area contributed by atoms with E-state index in [2.05, 4.69) is 4.98 Å². The van der Waals surface area contributed by atoms with Gasteiger partial charge in [0.15, 0.2) is 0 Å². The number of halogens is 1. The monoisotopic (exact) mass is 179 g/mol. The maximum atomic E-state index is 12.8. The van der Waals surface area contributed by atoms with E-state index in [1.54, 1.807) is 6.92 Å². The van der Waals surface area contributed by atoms with Gasteiger partial charge in [0.25, 0.3) is 0 Å². The quantitative estimate of drug-likeness (QED) is 0.747. The summed E-state index contributed by atoms with van der Waals surface area (Å²) in [6.07, 6.45) is 0.193. The summed E-state index contributed by atoms with van der Waals surface area (Å²) in [6.45, 7) is 1.57. The lowest BCUT2D eigenvalue weighted by atomic mass is 10.1. The van der Waals surface area contributed by atoms with Crippen LogP contribution in [0.1, 0.15) is 23.9 Å². The molecule has 1 heterocycles. The minimum atomic E-state index is -0.427. The molecule has 68 valence electrons. The highest BCUT2D eigenvalue weighted by atomic mass is 19.1. The van der Waals surface area contributed by atoms with Gasteiger partial charge in [0.05, 0.1) is 29.9 Å². The second-order valence-corrected chi connectivity index (χ2v) is 2.77. The molecule has 0 aliphatic heterocycles. The van der Waals surface area contributed by atoms with E-state index < -0.39 is 6.04 Å². The molecule has 1 rings (SSSR count). The van der Waals surface area contributed by atoms with Gasteiger partial charge in [0.2, 0.25) is 0 Å². The molecule has 3 nitrogen and oxygen atoms in total. The van der Waals surface area contributed by atoms with Crippen molar-refractivity contribution in [2.24, 2.45) is 5.73 Å². The Morgan fingerprint density at radius 1 is 1.69 bits per heavy atom. The molecule has 0 radical (unpaired) electrons. The normalized spacial score (nSPS) is 12.2. The van der Waals surface area contributed by atoms with Gasteiger partial charge in [-0.3, -0.25) is 4.98 Å². The van der Waals surface area contributed by atoms with Crippen molar-refractivity contribution >= 4 is 0 Å². The van der Waals surface area contributed by atoms with E-state index in [-0.39, 0.29) is 12.2 Å². The Bertz CT molecular complexity index is 343. The Kier molecular flexibility index (Phi) is 2.93. The minimum Gasteiger partial charge on any atom is -0.322 e. The van der Waals surface area contributed by atoms with E-state index in [0.29, 0.717) is 11.4 Å². The fourth-order valence-corrected chi connectivity index (χ4v) is 0.973. The maximum Gasteiger partial charge on any atom is 0.144 e. The van der Waals surface area contributed by atoms with Gasteiger partial charge < -0.3 is 5.73 Å². The van der Waals surface area contributed by atoms with Crippen LogP contribution in [0.5, 0.6) is 0 Å². The number of nitrogens with two attached hydrogens (primary N) is 1. The second-order valence-electron chi connectivity index (χ2n) is 2.77. The Labute approximate surface area is 76.0 Å². The number of rotatable bonds is 2. The van der Waals surface area contributed by atoms with E-state index >= 15 is 0 Å². The van der Waals surface area contributed by atoms with Crippen molar-refractivity contribution in [2.75, 3.05) is 0 Å². The topological polar surface area (TPSA) is 62.7 Å². The van der Waals surface area contributed by atoms with Crippen molar-refractivity contribution in [1.82, 2.24) is 4.98 Å². The molecule has 4 heteroatoms. The Hall–Kier alpha value is -1.47. The molecular formula is C9H10FN3. The first-order valence-electron chi connectivity index (χ1n) is 3.90. The van der Waals surface area contributed by atoms with Gasteiger partial charge in [0, 0.05) is 0 Å². The number of pyridine rings is 1. The molecule has 0 saturated heterocycles. The fraction of sp³-hybridized carbons (Fsp3) is 0.333. The summed E-state index contributed by atoms with van der Waals surface area (Å²) in [4.78, 5) is 3.94. The molecule has 0 aromatic carbocycles. The van der Waals surface area contributed by atoms with Crippen molar-refractivity contribution in [3.05, 3.63) is 29.3 Å². The molecule has 1 aromatic heterocycles. The summed E-state index contributed by atoms with van der Waals surface area (Å²) in [5.74, 6) is -0.354. The van der Waals surface area contributed by atoms with Gasteiger partial charge in [-0.05, 0) is 19.1 Å². The van der Waals surface area contributed by atoms with Crippen LogP contribution < -0.4 is 5.73 Å². The molecule has 2 N–H and O–H groups in total. The Morgan fingerprint density at radius 3 is 2.92 bits per heavy atom. The Morgan fingerprint density at radius 2 is 2.38 bits per heavy atom. The van der Waals surface area contributed by atoms with E-state index in [0.717, 1.165) is 0 Å². The third kappa shape index (κ3) is 2.23. The summed E-state index contributed by atoms with van der Waals surface area (Å²) in [7, 11) is 0. The zero-order valence-corrected chi connectivity index (χ0v) is 7.29. The molecule has 1 unspecified atom stereocenters. The molecule has 0 aliphatic rings. The Balaban J connectivity index is 2.91. The lowest BCUT2D eigenvalue weighted by Crippen LogP contribution is -2.12. The van der Waals surface area contributed by atoms with Crippen LogP contribution in [0.4, 0.5) is 4.39 Å². The average molecular weight is 179 g/mol. The van der Waals surface area contributed by atoms with Gasteiger partial charge in [-0.2, -0.15) is 5.26 Å². The molecule has 0 amide bonds. The van der Waals surface area contributed by atoms with Crippen LogP contribution in [0.2, 0.25) is 0 Å². The zero-order valence-electron chi connectivity index (χ0n) is 7.29. The van der Waals surface area contributed by atoms with Gasteiger partial charge in [-0.1, -0.05) is 0 Å². The standard InChI is InChI=1S/C9H10FN3/c1-6-7(10)2-3-9(13-6)8(12)4-5-11/h2-3,8H,4,12H2,1H3. The van der Waals surface area contributed by atoms with Crippen LogP contribution in [0.3, 0.4) is 0 Å². The lowest BCUT2D eigenvalue weighted by Gasteiger charge is -2.07. The number of hydrogen-bond donors (Lipinski definition) is 1. The SMILES string of the molecule is Cc1nc(C(N)CC#N)ccc1F. The van der Waals surface area contributed by atoms with Crippen LogP contribution in [0, 0.1) is 24.1 Å². The predicted octanol–water partition coefficient (Wildman–Crippen LogP) is 1.44. The summed E-state index contributed by atoms with van der Waals surface area (Å²) in [5, 5.41) is 8.39.